The summed E-state index contributed by atoms with van der Waals surface area (Å²) in [7, 11) is 0. The molecule has 0 atom stereocenters. The van der Waals surface area contributed by atoms with E-state index in [1.807, 2.05) is 6.92 Å². The van der Waals surface area contributed by atoms with Crippen molar-refractivity contribution in [2.24, 2.45) is 0 Å². The molecule has 0 radical (unpaired) electrons. The van der Waals surface area contributed by atoms with Crippen molar-refractivity contribution < 1.29 is 13.6 Å². The molecule has 1 aromatic carbocycles. The first-order chi connectivity index (χ1) is 12.5. The second-order valence-corrected chi connectivity index (χ2v) is 6.28. The quantitative estimate of drug-likeness (QED) is 0.638. The molecule has 0 bridgehead atoms. The van der Waals surface area contributed by atoms with Gasteiger partial charge in [-0.1, -0.05) is 24.3 Å². The van der Waals surface area contributed by atoms with E-state index in [1.165, 1.54) is 28.0 Å². The Hall–Kier alpha value is -2.88. The smallest absolute Gasteiger partial charge is 0.275 e. The van der Waals surface area contributed by atoms with Crippen LogP contribution in [0.15, 0.2) is 29.1 Å². The molecule has 2 heterocycles. The number of carbonyl (C=O) groups excluding carboxylic acids is 1. The van der Waals surface area contributed by atoms with Crippen molar-refractivity contribution in [2.45, 2.75) is 13.3 Å². The van der Waals surface area contributed by atoms with Crippen LogP contribution in [0, 0.1) is 11.6 Å². The lowest BCUT2D eigenvalue weighted by Crippen LogP contribution is -2.30. The van der Waals surface area contributed by atoms with Gasteiger partial charge >= 0.3 is 0 Å². The van der Waals surface area contributed by atoms with Gasteiger partial charge in [0, 0.05) is 24.8 Å². The first kappa shape index (κ1) is 17.9. The fourth-order valence-electron chi connectivity index (χ4n) is 2.26. The van der Waals surface area contributed by atoms with Gasteiger partial charge in [0.2, 0.25) is 10.1 Å². The number of nitrogens with one attached hydrogen (secondary N) is 2. The molecule has 1 amide bonds. The van der Waals surface area contributed by atoms with E-state index < -0.39 is 23.1 Å². The first-order valence-corrected chi connectivity index (χ1v) is 8.67. The Morgan fingerprint density at radius 1 is 1.27 bits per heavy atom. The van der Waals surface area contributed by atoms with Crippen LogP contribution < -0.4 is 16.2 Å². The standard InChI is InChI=1S/C16H15F2N5O2S/c1-2-9-8-12(24)23-16(21-9)26-15(22-23)20-7-6-19-14(25)13-10(17)4-3-5-11(13)18/h3-5,8H,2,6-7H2,1H3,(H,19,25)(H,20,22). The van der Waals surface area contributed by atoms with Gasteiger partial charge in [0.15, 0.2) is 0 Å². The van der Waals surface area contributed by atoms with Crippen LogP contribution >= 0.6 is 11.3 Å². The molecule has 0 aliphatic rings. The maximum atomic E-state index is 13.5. The molecule has 0 unspecified atom stereocenters. The Morgan fingerprint density at radius 2 is 2.00 bits per heavy atom. The molecule has 2 aromatic heterocycles. The van der Waals surface area contributed by atoms with Crippen LogP contribution in [0.5, 0.6) is 0 Å². The summed E-state index contributed by atoms with van der Waals surface area (Å²) in [6.45, 7) is 2.28. The van der Waals surface area contributed by atoms with Crippen LogP contribution in [0.3, 0.4) is 0 Å². The van der Waals surface area contributed by atoms with E-state index in [4.69, 9.17) is 0 Å². The van der Waals surface area contributed by atoms with E-state index in [1.54, 1.807) is 0 Å². The molecule has 0 spiro atoms. The van der Waals surface area contributed by atoms with Crippen molar-refractivity contribution in [3.63, 3.8) is 0 Å². The summed E-state index contributed by atoms with van der Waals surface area (Å²) in [6.07, 6.45) is 0.644. The molecule has 0 aliphatic heterocycles. The third kappa shape index (κ3) is 3.69. The Bertz CT molecular complexity index is 997. The average molecular weight is 379 g/mol. The topological polar surface area (TPSA) is 88.4 Å². The number of fused-ring (bicyclic) bond motifs is 1. The summed E-state index contributed by atoms with van der Waals surface area (Å²) in [5.74, 6) is -2.67. The lowest BCUT2D eigenvalue weighted by molar-refractivity contribution is 0.0946. The Kier molecular flexibility index (Phi) is 5.21. The number of halogens is 2. The number of rotatable bonds is 6. The third-order valence-corrected chi connectivity index (χ3v) is 4.40. The number of hydrogen-bond acceptors (Lipinski definition) is 6. The zero-order valence-electron chi connectivity index (χ0n) is 13.8. The molecule has 7 nitrogen and oxygen atoms in total. The number of carbonyl (C=O) groups is 1. The summed E-state index contributed by atoms with van der Waals surface area (Å²) < 4.78 is 28.3. The van der Waals surface area contributed by atoms with Crippen molar-refractivity contribution in [3.05, 3.63) is 57.5 Å². The number of hydrogen-bond donors (Lipinski definition) is 2. The second kappa shape index (κ2) is 7.56. The summed E-state index contributed by atoms with van der Waals surface area (Å²) in [5, 5.41) is 9.93. The molecular formula is C16H15F2N5O2S. The molecule has 0 fully saturated rings. The molecule has 3 aromatic rings. The van der Waals surface area contributed by atoms with Crippen LogP contribution in [0.1, 0.15) is 23.0 Å². The van der Waals surface area contributed by atoms with Crippen LogP contribution in [0.4, 0.5) is 13.9 Å². The van der Waals surface area contributed by atoms with E-state index in [2.05, 4.69) is 20.7 Å². The minimum absolute atomic E-state index is 0.116. The molecule has 0 saturated heterocycles. The normalized spacial score (nSPS) is 10.9. The second-order valence-electron chi connectivity index (χ2n) is 5.32. The number of aryl methyl sites for hydroxylation is 1. The molecule has 2 N–H and O–H groups in total. The fraction of sp³-hybridized carbons (Fsp3) is 0.250. The molecular weight excluding hydrogens is 364 g/mol. The maximum Gasteiger partial charge on any atom is 0.275 e. The van der Waals surface area contributed by atoms with Gasteiger partial charge in [0.05, 0.1) is 0 Å². The van der Waals surface area contributed by atoms with Crippen LogP contribution in [-0.4, -0.2) is 33.6 Å². The van der Waals surface area contributed by atoms with Crippen molar-refractivity contribution in [1.82, 2.24) is 19.9 Å². The zero-order chi connectivity index (χ0) is 18.7. The lowest BCUT2D eigenvalue weighted by Gasteiger charge is -2.07. The zero-order valence-corrected chi connectivity index (χ0v) is 14.6. The minimum atomic E-state index is -0.918. The van der Waals surface area contributed by atoms with Gasteiger partial charge in [-0.15, -0.1) is 5.10 Å². The van der Waals surface area contributed by atoms with Gasteiger partial charge in [0.25, 0.3) is 11.5 Å². The summed E-state index contributed by atoms with van der Waals surface area (Å²) in [4.78, 5) is 28.6. The highest BCUT2D eigenvalue weighted by Gasteiger charge is 2.16. The highest BCUT2D eigenvalue weighted by Crippen LogP contribution is 2.16. The van der Waals surface area contributed by atoms with Crippen molar-refractivity contribution in [3.8, 4) is 0 Å². The van der Waals surface area contributed by atoms with Crippen LogP contribution in [0.25, 0.3) is 4.96 Å². The Balaban J connectivity index is 1.60. The molecule has 10 heteroatoms. The Labute approximate surface area is 150 Å². The summed E-state index contributed by atoms with van der Waals surface area (Å²) in [6, 6.07) is 4.66. The number of amides is 1. The molecule has 26 heavy (non-hydrogen) atoms. The van der Waals surface area contributed by atoms with Crippen molar-refractivity contribution in [1.29, 1.82) is 0 Å². The number of benzene rings is 1. The highest BCUT2D eigenvalue weighted by atomic mass is 32.1. The fourth-order valence-corrected chi connectivity index (χ4v) is 3.11. The van der Waals surface area contributed by atoms with Gasteiger partial charge in [-0.2, -0.15) is 4.52 Å². The van der Waals surface area contributed by atoms with Crippen LogP contribution in [-0.2, 0) is 6.42 Å². The SMILES string of the molecule is CCc1cc(=O)n2nc(NCCNC(=O)c3c(F)cccc3F)sc2n1. The van der Waals surface area contributed by atoms with E-state index >= 15 is 0 Å². The molecule has 3 rings (SSSR count). The largest absolute Gasteiger partial charge is 0.358 e. The average Bonchev–Trinajstić information content (AvgIpc) is 3.02. The number of anilines is 1. The molecule has 0 saturated carbocycles. The third-order valence-electron chi connectivity index (χ3n) is 3.54. The number of aromatic nitrogens is 3. The highest BCUT2D eigenvalue weighted by molar-refractivity contribution is 7.20. The van der Waals surface area contributed by atoms with Gasteiger partial charge in [-0.25, -0.2) is 13.8 Å². The monoisotopic (exact) mass is 379 g/mol. The van der Waals surface area contributed by atoms with E-state index in [0.29, 0.717) is 22.2 Å². The molecule has 0 aliphatic carbocycles. The van der Waals surface area contributed by atoms with Gasteiger partial charge in [-0.3, -0.25) is 9.59 Å². The predicted molar refractivity (Wildman–Crippen MR) is 93.7 cm³/mol. The Morgan fingerprint density at radius 3 is 2.69 bits per heavy atom. The van der Waals surface area contributed by atoms with E-state index in [0.717, 1.165) is 12.1 Å². The maximum absolute atomic E-state index is 13.5. The van der Waals surface area contributed by atoms with Crippen molar-refractivity contribution >= 4 is 27.3 Å². The molecule has 136 valence electrons. The number of nitrogens with zero attached hydrogens (tertiary/aromatic N) is 3. The van der Waals surface area contributed by atoms with Crippen molar-refractivity contribution in [2.75, 3.05) is 18.4 Å². The van der Waals surface area contributed by atoms with E-state index in [-0.39, 0.29) is 18.6 Å². The van der Waals surface area contributed by atoms with Gasteiger partial charge in [0.1, 0.15) is 17.2 Å². The summed E-state index contributed by atoms with van der Waals surface area (Å²) >= 11 is 1.20. The predicted octanol–water partition coefficient (Wildman–Crippen LogP) is 1.83. The first-order valence-electron chi connectivity index (χ1n) is 7.85. The lowest BCUT2D eigenvalue weighted by atomic mass is 10.2. The minimum Gasteiger partial charge on any atom is -0.358 e. The van der Waals surface area contributed by atoms with Crippen LogP contribution in [0.2, 0.25) is 0 Å². The summed E-state index contributed by atoms with van der Waals surface area (Å²) in [5.41, 5.74) is -0.195. The van der Waals surface area contributed by atoms with E-state index in [9.17, 15) is 18.4 Å². The van der Waals surface area contributed by atoms with Gasteiger partial charge < -0.3 is 10.6 Å². The van der Waals surface area contributed by atoms with Gasteiger partial charge in [-0.05, 0) is 18.6 Å².